The Morgan fingerprint density at radius 1 is 0.867 bits per heavy atom. The van der Waals surface area contributed by atoms with Crippen LogP contribution in [0, 0.1) is 0 Å². The fraction of sp³-hybridized carbons (Fsp3) is 1.00. The maximum absolute atomic E-state index is 10.7. The van der Waals surface area contributed by atoms with Crippen LogP contribution in [0.4, 0.5) is 13.2 Å². The quantitative estimate of drug-likeness (QED) is 0.392. The molecular formula is CH13F3N5O4RuS. The van der Waals surface area contributed by atoms with Crippen LogP contribution >= 0.6 is 0 Å². The third kappa shape index (κ3) is 24.9. The summed E-state index contributed by atoms with van der Waals surface area (Å²) in [4.78, 5) is 0. The molecule has 15 heavy (non-hydrogen) atoms. The van der Waals surface area contributed by atoms with E-state index in [0.29, 0.717) is 0 Å². The Morgan fingerprint density at radius 3 is 0.933 bits per heavy atom. The van der Waals surface area contributed by atoms with E-state index in [2.05, 4.69) is 0 Å². The normalized spacial score (nSPS) is 7.47. The van der Waals surface area contributed by atoms with Crippen molar-refractivity contribution in [1.82, 2.24) is 0 Å². The SMILES string of the molecule is O.O=S(=O)(O)C(F)(F)F.[NH2-].[NH2-].[NH2-].[NH2-].[NH2-].[Ru+5]. The Hall–Kier alpha value is 0.0834. The van der Waals surface area contributed by atoms with E-state index in [1.54, 1.807) is 0 Å². The molecule has 0 fully saturated rings. The van der Waals surface area contributed by atoms with Gasteiger partial charge in [-0.1, -0.05) is 0 Å². The van der Waals surface area contributed by atoms with Crippen molar-refractivity contribution in [2.45, 2.75) is 5.51 Å². The van der Waals surface area contributed by atoms with Crippen LogP contribution in [-0.2, 0) is 29.6 Å². The molecule has 0 aromatic heterocycles. The second-order valence-corrected chi connectivity index (χ2v) is 2.33. The first kappa shape index (κ1) is 59.6. The fourth-order valence-corrected chi connectivity index (χ4v) is 0. The van der Waals surface area contributed by atoms with Crippen molar-refractivity contribution in [3.8, 4) is 0 Å². The first-order valence-electron chi connectivity index (χ1n) is 1.29. The molecule has 0 aromatic carbocycles. The Kier molecular flexibility index (Phi) is 65.6. The van der Waals surface area contributed by atoms with Crippen molar-refractivity contribution in [2.24, 2.45) is 0 Å². The molecule has 0 rings (SSSR count). The second kappa shape index (κ2) is 16.5. The monoisotopic (exact) mass is 350 g/mol. The predicted molar refractivity (Wildman–Crippen MR) is 47.6 cm³/mol. The summed E-state index contributed by atoms with van der Waals surface area (Å²) in [6.45, 7) is 0. The number of hydrogen-bond donors (Lipinski definition) is 1. The predicted octanol–water partition coefficient (Wildman–Crippen LogP) is 3.15. The molecule has 0 aliphatic carbocycles. The van der Waals surface area contributed by atoms with Crippen LogP contribution in [0.1, 0.15) is 0 Å². The molecule has 101 valence electrons. The molecule has 0 atom stereocenters. The molecular weight excluding hydrogens is 336 g/mol. The van der Waals surface area contributed by atoms with Gasteiger partial charge in [0.2, 0.25) is 0 Å². The molecule has 0 aromatic rings. The van der Waals surface area contributed by atoms with Gasteiger partial charge in [-0.25, -0.2) is 0 Å². The largest absolute Gasteiger partial charge is 5.00 e. The smallest absolute Gasteiger partial charge is 0.693 e. The van der Waals surface area contributed by atoms with E-state index in [-0.39, 0.29) is 55.7 Å². The van der Waals surface area contributed by atoms with Crippen molar-refractivity contribution < 1.29 is 51.1 Å². The van der Waals surface area contributed by atoms with Gasteiger partial charge in [-0.15, -0.1) is 0 Å². The van der Waals surface area contributed by atoms with Crippen LogP contribution in [0.2, 0.25) is 0 Å². The van der Waals surface area contributed by atoms with E-state index < -0.39 is 15.6 Å². The summed E-state index contributed by atoms with van der Waals surface area (Å²) in [5.41, 5.74) is -5.53. The Labute approximate surface area is 97.9 Å². The zero-order valence-electron chi connectivity index (χ0n) is 7.05. The number of hydrogen-bond acceptors (Lipinski definition) is 2. The molecule has 0 heterocycles. The third-order valence-electron chi connectivity index (χ3n) is 0.292. The summed E-state index contributed by atoms with van der Waals surface area (Å²) in [5, 5.41) is 0. The maximum atomic E-state index is 10.7. The molecule has 13 N–H and O–H groups in total. The van der Waals surface area contributed by atoms with Crippen molar-refractivity contribution in [2.75, 3.05) is 0 Å². The molecule has 14 heteroatoms. The van der Waals surface area contributed by atoms with Gasteiger partial charge in [0.1, 0.15) is 0 Å². The van der Waals surface area contributed by atoms with Gasteiger partial charge >= 0.3 is 35.1 Å². The zero-order valence-corrected chi connectivity index (χ0v) is 9.60. The Bertz CT molecular complexity index is 183. The minimum atomic E-state index is -5.84. The van der Waals surface area contributed by atoms with Crippen LogP contribution < -0.4 is 0 Å². The van der Waals surface area contributed by atoms with Crippen molar-refractivity contribution >= 4 is 10.1 Å². The maximum Gasteiger partial charge on any atom is 5.00 e. The van der Waals surface area contributed by atoms with E-state index in [1.807, 2.05) is 0 Å². The van der Waals surface area contributed by atoms with Crippen molar-refractivity contribution in [3.63, 3.8) is 0 Å². The van der Waals surface area contributed by atoms with Crippen LogP contribution in [-0.4, -0.2) is 24.0 Å². The van der Waals surface area contributed by atoms with E-state index in [1.165, 1.54) is 0 Å². The van der Waals surface area contributed by atoms with E-state index in [4.69, 9.17) is 13.0 Å². The van der Waals surface area contributed by atoms with Gasteiger partial charge in [0.05, 0.1) is 0 Å². The van der Waals surface area contributed by atoms with Gasteiger partial charge in [-0.05, 0) is 0 Å². The summed E-state index contributed by atoms with van der Waals surface area (Å²) in [6, 6.07) is 0. The number of nitrogens with two attached hydrogens (primary N) is 5. The molecule has 0 bridgehead atoms. The minimum absolute atomic E-state index is 0. The third-order valence-corrected chi connectivity index (χ3v) is 0.877. The molecule has 9 nitrogen and oxygen atoms in total. The van der Waals surface area contributed by atoms with Crippen molar-refractivity contribution in [1.29, 1.82) is 0 Å². The van der Waals surface area contributed by atoms with Gasteiger partial charge in [0, 0.05) is 0 Å². The summed E-state index contributed by atoms with van der Waals surface area (Å²) in [5.74, 6) is 0. The molecule has 0 aliphatic rings. The Balaban J connectivity index is -0.0000000117. The van der Waals surface area contributed by atoms with Gasteiger partial charge in [-0.3, -0.25) is 4.55 Å². The van der Waals surface area contributed by atoms with Gasteiger partial charge < -0.3 is 36.2 Å². The summed E-state index contributed by atoms with van der Waals surface area (Å²) in [6.07, 6.45) is 0. The van der Waals surface area contributed by atoms with Crippen LogP contribution in [0.25, 0.3) is 30.8 Å². The molecule has 0 unspecified atom stereocenters. The first-order chi connectivity index (χ1) is 3.25. The average molecular weight is 349 g/mol. The average Bonchev–Trinajstić information content (AvgIpc) is 1.25. The fourth-order valence-electron chi connectivity index (χ4n) is 0. The topological polar surface area (TPSA) is 253 Å². The standard InChI is InChI=1S/CHF3O3S.5H2N.H2O.Ru/c2-1(3,4)8(5,6)7;;;;;;;/h(H,5,6,7);6*1H2;/q;5*-1;;+5. The molecule has 0 amide bonds. The van der Waals surface area contributed by atoms with Gasteiger partial charge in [0.15, 0.2) is 0 Å². The Morgan fingerprint density at radius 2 is 0.933 bits per heavy atom. The zero-order chi connectivity index (χ0) is 7.00. The number of halogens is 3. The van der Waals surface area contributed by atoms with E-state index in [9.17, 15) is 13.2 Å². The molecule has 0 spiro atoms. The summed E-state index contributed by atoms with van der Waals surface area (Å²) < 4.78 is 57.5. The van der Waals surface area contributed by atoms with E-state index in [0.717, 1.165) is 0 Å². The number of rotatable bonds is 0. The molecule has 1 radical (unpaired) electrons. The molecule has 0 saturated carbocycles. The second-order valence-electron chi connectivity index (χ2n) is 0.921. The van der Waals surface area contributed by atoms with E-state index >= 15 is 0 Å². The minimum Gasteiger partial charge on any atom is -0.693 e. The van der Waals surface area contributed by atoms with Gasteiger partial charge in [0.25, 0.3) is 0 Å². The van der Waals surface area contributed by atoms with Crippen LogP contribution in [0.15, 0.2) is 0 Å². The summed E-state index contributed by atoms with van der Waals surface area (Å²) in [7, 11) is -5.84. The van der Waals surface area contributed by atoms with Crippen LogP contribution in [0.3, 0.4) is 0 Å². The summed E-state index contributed by atoms with van der Waals surface area (Å²) >= 11 is 0. The van der Waals surface area contributed by atoms with Crippen molar-refractivity contribution in [3.05, 3.63) is 30.8 Å². The molecule has 0 aliphatic heterocycles. The van der Waals surface area contributed by atoms with Crippen LogP contribution in [0.5, 0.6) is 0 Å². The van der Waals surface area contributed by atoms with Gasteiger partial charge in [-0.2, -0.15) is 21.6 Å². The molecule has 0 saturated heterocycles. The number of alkyl halides is 3. The first-order valence-corrected chi connectivity index (χ1v) is 2.73.